The van der Waals surface area contributed by atoms with Crippen molar-refractivity contribution in [2.45, 2.75) is 19.3 Å². The number of aliphatic carboxylic acids is 1. The lowest BCUT2D eigenvalue weighted by atomic mass is 10.1. The highest BCUT2D eigenvalue weighted by Gasteiger charge is 2.39. The van der Waals surface area contributed by atoms with Gasteiger partial charge in [-0.3, -0.25) is 10.2 Å². The summed E-state index contributed by atoms with van der Waals surface area (Å²) in [6.07, 6.45) is 2.39. The second-order valence-electron chi connectivity index (χ2n) is 5.88. The summed E-state index contributed by atoms with van der Waals surface area (Å²) in [6.45, 7) is 1.45. The predicted octanol–water partition coefficient (Wildman–Crippen LogP) is 3.75. The molecule has 1 atom stereocenters. The average Bonchev–Trinajstić information content (AvgIpc) is 3.24. The Morgan fingerprint density at radius 3 is 2.79 bits per heavy atom. The van der Waals surface area contributed by atoms with E-state index in [0.717, 1.165) is 23.2 Å². The topological polar surface area (TPSA) is 122 Å². The summed E-state index contributed by atoms with van der Waals surface area (Å²) in [7, 11) is 1.44. The van der Waals surface area contributed by atoms with E-state index in [9.17, 15) is 9.59 Å². The second-order valence-corrected chi connectivity index (χ2v) is 8.91. The van der Waals surface area contributed by atoms with Gasteiger partial charge in [-0.15, -0.1) is 21.5 Å². The lowest BCUT2D eigenvalue weighted by Crippen LogP contribution is -2.11. The molecule has 0 unspecified atom stereocenters. The number of carbonyl (C=O) groups is 2. The maximum atomic E-state index is 12.9. The quantitative estimate of drug-likeness (QED) is 0.554. The van der Waals surface area contributed by atoms with Gasteiger partial charge in [0.1, 0.15) is 15.9 Å². The number of ketones is 1. The van der Waals surface area contributed by atoms with Crippen LogP contribution in [-0.2, 0) is 16.0 Å². The molecule has 1 fully saturated rings. The van der Waals surface area contributed by atoms with Crippen molar-refractivity contribution in [1.29, 1.82) is 5.41 Å². The van der Waals surface area contributed by atoms with Crippen LogP contribution in [0, 0.1) is 5.41 Å². The highest BCUT2D eigenvalue weighted by Crippen LogP contribution is 2.43. The van der Waals surface area contributed by atoms with Crippen LogP contribution in [-0.4, -0.2) is 45.8 Å². The molecule has 2 heterocycles. The molecule has 152 valence electrons. The van der Waals surface area contributed by atoms with Crippen molar-refractivity contribution in [3.63, 3.8) is 0 Å². The number of halogens is 1. The van der Waals surface area contributed by atoms with Crippen LogP contribution in [0.5, 0.6) is 11.5 Å². The third-order valence-electron chi connectivity index (χ3n) is 3.91. The Labute approximate surface area is 183 Å². The Bertz CT molecular complexity index is 1020. The number of hydrogen-bond donors (Lipinski definition) is 2. The van der Waals surface area contributed by atoms with Crippen LogP contribution in [0.4, 0.5) is 0 Å². The van der Waals surface area contributed by atoms with Gasteiger partial charge in [-0.2, -0.15) is 0 Å². The molecule has 1 aliphatic rings. The zero-order valence-corrected chi connectivity index (χ0v) is 18.6. The van der Waals surface area contributed by atoms with Crippen molar-refractivity contribution in [1.82, 2.24) is 10.2 Å². The monoisotopic (exact) mass is 497 g/mol. The van der Waals surface area contributed by atoms with Crippen LogP contribution in [0.3, 0.4) is 0 Å². The standard InChI is InChI=1S/C18H16BrN3O5S2/c1-3-12-21-22-18(29-12)14-15(25)11(28-17(14)20)6-8-4-9(19)16(10(5-8)26-2)27-7-13(23)24/h4-6,14,20H,3,7H2,1-2H3,(H,23,24)/b11-6-,20-17?/t14-/m1/s1. The van der Waals surface area contributed by atoms with Crippen molar-refractivity contribution in [3.8, 4) is 11.5 Å². The summed E-state index contributed by atoms with van der Waals surface area (Å²) in [4.78, 5) is 24.1. The maximum Gasteiger partial charge on any atom is 0.341 e. The first-order chi connectivity index (χ1) is 13.8. The fourth-order valence-corrected chi connectivity index (χ4v) is 5.12. The number of Topliss-reactive ketones (excluding diaryl/α,β-unsaturated/α-hetero) is 1. The number of ether oxygens (including phenoxy) is 2. The van der Waals surface area contributed by atoms with Crippen LogP contribution < -0.4 is 9.47 Å². The van der Waals surface area contributed by atoms with Gasteiger partial charge in [0.05, 0.1) is 21.5 Å². The second kappa shape index (κ2) is 9.06. The molecule has 1 aromatic heterocycles. The van der Waals surface area contributed by atoms with Gasteiger partial charge in [-0.1, -0.05) is 18.7 Å². The van der Waals surface area contributed by atoms with E-state index < -0.39 is 18.5 Å². The van der Waals surface area contributed by atoms with Crippen molar-refractivity contribution >= 4 is 61.9 Å². The van der Waals surface area contributed by atoms with E-state index in [1.165, 1.54) is 18.4 Å². The molecule has 11 heteroatoms. The molecule has 2 aromatic rings. The molecule has 0 bridgehead atoms. The molecule has 1 aliphatic heterocycles. The fraction of sp³-hybridized carbons (Fsp3) is 0.278. The Balaban J connectivity index is 1.89. The number of aromatic nitrogens is 2. The molecule has 0 amide bonds. The number of carboxylic acids is 1. The van der Waals surface area contributed by atoms with Crippen LogP contribution in [0.2, 0.25) is 0 Å². The number of hydrogen-bond acceptors (Lipinski definition) is 9. The summed E-state index contributed by atoms with van der Waals surface area (Å²) < 4.78 is 11.0. The van der Waals surface area contributed by atoms with E-state index in [1.54, 1.807) is 18.2 Å². The minimum absolute atomic E-state index is 0.194. The van der Waals surface area contributed by atoms with Gasteiger partial charge in [-0.05, 0) is 46.1 Å². The zero-order valence-electron chi connectivity index (χ0n) is 15.4. The summed E-state index contributed by atoms with van der Waals surface area (Å²) in [5.74, 6) is -1.43. The van der Waals surface area contributed by atoms with E-state index in [0.29, 0.717) is 25.7 Å². The minimum atomic E-state index is -1.11. The molecule has 0 aliphatic carbocycles. The van der Waals surface area contributed by atoms with Crippen LogP contribution in [0.1, 0.15) is 28.4 Å². The molecule has 2 N–H and O–H groups in total. The van der Waals surface area contributed by atoms with E-state index >= 15 is 0 Å². The van der Waals surface area contributed by atoms with Gasteiger partial charge in [0.2, 0.25) is 0 Å². The highest BCUT2D eigenvalue weighted by molar-refractivity contribution is 9.10. The van der Waals surface area contributed by atoms with Gasteiger partial charge >= 0.3 is 5.97 Å². The van der Waals surface area contributed by atoms with Gasteiger partial charge in [0.15, 0.2) is 23.9 Å². The predicted molar refractivity (Wildman–Crippen MR) is 114 cm³/mol. The molecule has 0 saturated carbocycles. The Kier molecular flexibility index (Phi) is 6.70. The van der Waals surface area contributed by atoms with E-state index in [1.807, 2.05) is 6.92 Å². The fourth-order valence-electron chi connectivity index (χ4n) is 2.59. The zero-order chi connectivity index (χ0) is 21.1. The molecule has 1 saturated heterocycles. The Morgan fingerprint density at radius 2 is 2.17 bits per heavy atom. The number of methoxy groups -OCH3 is 1. The van der Waals surface area contributed by atoms with Gasteiger partial charge in [-0.25, -0.2) is 4.79 Å². The SMILES string of the molecule is CCc1nnc([C@H]2C(=N)S/C(=C\c3cc(Br)c(OCC(=O)O)c(OC)c3)C2=O)s1. The Hall–Kier alpha value is -2.24. The molecular formula is C18H16BrN3O5S2. The van der Waals surface area contributed by atoms with Crippen LogP contribution in [0.15, 0.2) is 21.5 Å². The summed E-state index contributed by atoms with van der Waals surface area (Å²) in [5, 5.41) is 26.7. The van der Waals surface area contributed by atoms with Gasteiger partial charge < -0.3 is 14.6 Å². The normalized spacial score (nSPS) is 17.8. The lowest BCUT2D eigenvalue weighted by Gasteiger charge is -2.12. The number of carboxylic acid groups (broad SMARTS) is 1. The van der Waals surface area contributed by atoms with Crippen molar-refractivity contribution in [3.05, 3.63) is 37.1 Å². The van der Waals surface area contributed by atoms with E-state index in [2.05, 4.69) is 26.1 Å². The van der Waals surface area contributed by atoms with Crippen molar-refractivity contribution in [2.75, 3.05) is 13.7 Å². The third-order valence-corrected chi connectivity index (χ3v) is 6.62. The maximum absolute atomic E-state index is 12.9. The van der Waals surface area contributed by atoms with Crippen molar-refractivity contribution in [2.24, 2.45) is 0 Å². The van der Waals surface area contributed by atoms with E-state index in [4.69, 9.17) is 20.0 Å². The lowest BCUT2D eigenvalue weighted by molar-refractivity contribution is -0.139. The molecular weight excluding hydrogens is 482 g/mol. The number of benzene rings is 1. The summed E-state index contributed by atoms with van der Waals surface area (Å²) in [6, 6.07) is 3.33. The first-order valence-corrected chi connectivity index (χ1v) is 10.8. The number of nitrogens with one attached hydrogen (secondary N) is 1. The van der Waals surface area contributed by atoms with Crippen LogP contribution in [0.25, 0.3) is 6.08 Å². The van der Waals surface area contributed by atoms with Crippen LogP contribution >= 0.6 is 39.0 Å². The first kappa shape index (κ1) is 21.5. The highest BCUT2D eigenvalue weighted by atomic mass is 79.9. The largest absolute Gasteiger partial charge is 0.493 e. The smallest absolute Gasteiger partial charge is 0.341 e. The van der Waals surface area contributed by atoms with E-state index in [-0.39, 0.29) is 16.6 Å². The molecule has 29 heavy (non-hydrogen) atoms. The molecule has 8 nitrogen and oxygen atoms in total. The number of allylic oxidation sites excluding steroid dienone is 1. The average molecular weight is 498 g/mol. The van der Waals surface area contributed by atoms with Gasteiger partial charge in [0, 0.05) is 0 Å². The van der Waals surface area contributed by atoms with Crippen molar-refractivity contribution < 1.29 is 24.2 Å². The summed E-state index contributed by atoms with van der Waals surface area (Å²) in [5.41, 5.74) is 0.646. The number of rotatable bonds is 7. The minimum Gasteiger partial charge on any atom is -0.493 e. The van der Waals surface area contributed by atoms with Gasteiger partial charge in [0.25, 0.3) is 0 Å². The number of carbonyl (C=O) groups excluding carboxylic acids is 1. The number of thioether (sulfide) groups is 1. The molecule has 0 spiro atoms. The Morgan fingerprint density at radius 1 is 1.41 bits per heavy atom. The molecule has 3 rings (SSSR count). The number of nitrogens with zero attached hydrogens (tertiary/aromatic N) is 2. The third kappa shape index (κ3) is 4.68. The first-order valence-electron chi connectivity index (χ1n) is 8.40. The number of aryl methyl sites for hydroxylation is 1. The molecule has 0 radical (unpaired) electrons. The molecule has 1 aromatic carbocycles. The summed E-state index contributed by atoms with van der Waals surface area (Å²) >= 11 is 5.79.